The molecule has 0 bridgehead atoms. The van der Waals surface area contributed by atoms with Gasteiger partial charge in [-0.2, -0.15) is 0 Å². The van der Waals surface area contributed by atoms with E-state index in [4.69, 9.17) is 21.1 Å². The summed E-state index contributed by atoms with van der Waals surface area (Å²) < 4.78 is 11.6. The Bertz CT molecular complexity index is 1010. The highest BCUT2D eigenvalue weighted by Crippen LogP contribution is 2.36. The number of carbonyl (C=O) groups excluding carboxylic acids is 1. The van der Waals surface area contributed by atoms with Crippen molar-refractivity contribution in [2.75, 3.05) is 7.11 Å². The molecule has 2 aromatic rings. The van der Waals surface area contributed by atoms with Gasteiger partial charge in [-0.25, -0.2) is 9.59 Å². The molecule has 0 radical (unpaired) electrons. The van der Waals surface area contributed by atoms with Crippen molar-refractivity contribution in [1.82, 2.24) is 0 Å². The molecule has 0 aromatic heterocycles. The van der Waals surface area contributed by atoms with Gasteiger partial charge in [-0.3, -0.25) is 4.99 Å². The number of hydrogen-bond donors (Lipinski definition) is 1. The summed E-state index contributed by atoms with van der Waals surface area (Å²) in [5.74, 6) is -1.44. The minimum atomic E-state index is -0.994. The van der Waals surface area contributed by atoms with Gasteiger partial charge in [-0.05, 0) is 47.4 Å². The van der Waals surface area contributed by atoms with Crippen LogP contribution < -0.4 is 9.47 Å². The number of carbonyl (C=O) groups is 2. The molecule has 0 aliphatic carbocycles. The molecule has 0 spiro atoms. The summed E-state index contributed by atoms with van der Waals surface area (Å²) >= 11 is 9.67. The first-order chi connectivity index (χ1) is 14.7. The molecule has 0 saturated carbocycles. The summed E-state index contributed by atoms with van der Waals surface area (Å²) in [6, 6.07) is 9.68. The molecular weight excluding hydrogens is 486 g/mol. The smallest absolute Gasteiger partial charge is 0.336 e. The van der Waals surface area contributed by atoms with Crippen LogP contribution in [0.5, 0.6) is 11.5 Å². The molecule has 0 aliphatic rings. The number of halogens is 2. The lowest BCUT2D eigenvalue weighted by Gasteiger charge is -2.14. The molecule has 0 heterocycles. The van der Waals surface area contributed by atoms with E-state index in [2.05, 4.69) is 20.9 Å². The Morgan fingerprint density at radius 1 is 1.26 bits per heavy atom. The summed E-state index contributed by atoms with van der Waals surface area (Å²) in [7, 11) is 1.42. The number of rotatable bonds is 9. The number of aliphatic imine (C=N–C) groups is 1. The van der Waals surface area contributed by atoms with Crippen LogP contribution in [0.4, 0.5) is 0 Å². The zero-order valence-corrected chi connectivity index (χ0v) is 19.7. The highest BCUT2D eigenvalue weighted by molar-refractivity contribution is 9.10. The second kappa shape index (κ2) is 11.7. The van der Waals surface area contributed by atoms with Crippen molar-refractivity contribution in [2.45, 2.75) is 26.3 Å². The summed E-state index contributed by atoms with van der Waals surface area (Å²) in [4.78, 5) is 27.9. The van der Waals surface area contributed by atoms with Crippen molar-refractivity contribution in [3.05, 3.63) is 63.1 Å². The maximum Gasteiger partial charge on any atom is 0.336 e. The molecule has 0 saturated heterocycles. The van der Waals surface area contributed by atoms with Crippen LogP contribution in [0, 0.1) is 5.92 Å². The molecular formula is C23H23BrClNO5. The number of methoxy groups -OCH3 is 1. The molecule has 2 atom stereocenters. The third kappa shape index (κ3) is 7.22. The number of esters is 1. The molecule has 2 unspecified atom stereocenters. The first-order valence-corrected chi connectivity index (χ1v) is 10.7. The average molecular weight is 509 g/mol. The van der Waals surface area contributed by atoms with E-state index in [9.17, 15) is 14.7 Å². The van der Waals surface area contributed by atoms with Gasteiger partial charge in [0.15, 0.2) is 11.5 Å². The van der Waals surface area contributed by atoms with Gasteiger partial charge in [0, 0.05) is 16.8 Å². The van der Waals surface area contributed by atoms with E-state index in [-0.39, 0.29) is 22.4 Å². The minimum absolute atomic E-state index is 0.0712. The van der Waals surface area contributed by atoms with E-state index >= 15 is 0 Å². The lowest BCUT2D eigenvalue weighted by Crippen LogP contribution is -2.25. The van der Waals surface area contributed by atoms with E-state index in [1.165, 1.54) is 25.5 Å². The summed E-state index contributed by atoms with van der Waals surface area (Å²) in [6.07, 6.45) is 5.02. The third-order valence-electron chi connectivity index (χ3n) is 4.54. The fraction of sp³-hybridized carbons (Fsp3) is 0.261. The normalized spacial score (nSPS) is 13.3. The molecule has 0 fully saturated rings. The van der Waals surface area contributed by atoms with Crippen LogP contribution >= 0.6 is 27.5 Å². The van der Waals surface area contributed by atoms with Crippen molar-refractivity contribution in [2.24, 2.45) is 10.9 Å². The highest BCUT2D eigenvalue weighted by Gasteiger charge is 2.22. The lowest BCUT2D eigenvalue weighted by molar-refractivity contribution is -0.139. The van der Waals surface area contributed by atoms with Crippen LogP contribution in [-0.4, -0.2) is 36.4 Å². The zero-order valence-electron chi connectivity index (χ0n) is 17.3. The van der Waals surface area contributed by atoms with Crippen LogP contribution in [-0.2, 0) is 9.59 Å². The monoisotopic (exact) mass is 507 g/mol. The van der Waals surface area contributed by atoms with Gasteiger partial charge in [0.25, 0.3) is 0 Å². The summed E-state index contributed by atoms with van der Waals surface area (Å²) in [5.41, 5.74) is 1.35. The molecule has 6 nitrogen and oxygen atoms in total. The van der Waals surface area contributed by atoms with E-state index in [1.807, 2.05) is 38.1 Å². The molecule has 1 N–H and O–H groups in total. The van der Waals surface area contributed by atoms with Crippen molar-refractivity contribution in [1.29, 1.82) is 0 Å². The Kier molecular flexibility index (Phi) is 9.27. The Morgan fingerprint density at radius 3 is 2.61 bits per heavy atom. The first-order valence-electron chi connectivity index (χ1n) is 9.54. The predicted molar refractivity (Wildman–Crippen MR) is 125 cm³/mol. The van der Waals surface area contributed by atoms with Crippen LogP contribution in [0.3, 0.4) is 0 Å². The second-order valence-electron chi connectivity index (χ2n) is 6.79. The number of aliphatic carboxylic acids is 1. The maximum atomic E-state index is 12.2. The quantitative estimate of drug-likeness (QED) is 0.205. The van der Waals surface area contributed by atoms with E-state index < -0.39 is 18.0 Å². The number of ether oxygens (including phenoxy) is 2. The number of carboxylic acids is 1. The summed E-state index contributed by atoms with van der Waals surface area (Å²) in [6.45, 7) is 3.73. The van der Waals surface area contributed by atoms with Gasteiger partial charge in [-0.1, -0.05) is 59.9 Å². The average Bonchev–Trinajstić information content (AvgIpc) is 2.73. The molecule has 0 aliphatic heterocycles. The van der Waals surface area contributed by atoms with Crippen molar-refractivity contribution >= 4 is 51.8 Å². The lowest BCUT2D eigenvalue weighted by atomic mass is 10.00. The SMILES string of the molecule is CCC(C)C(N=Cc1cc(Cl)c(OC(=O)/C=C/c2cccc(Br)c2)c(OC)c1)C(=O)O. The standard InChI is InChI=1S/C23H23BrClNO5/c1-4-14(2)21(23(28)29)26-13-16-11-18(25)22(19(12-16)30-3)31-20(27)9-8-15-6-5-7-17(24)10-15/h5-14,21H,4H2,1-3H3,(H,28,29)/b9-8+,26-13?. The minimum Gasteiger partial charge on any atom is -0.493 e. The fourth-order valence-electron chi connectivity index (χ4n) is 2.67. The van der Waals surface area contributed by atoms with Crippen molar-refractivity contribution < 1.29 is 24.2 Å². The highest BCUT2D eigenvalue weighted by atomic mass is 79.9. The number of carboxylic acid groups (broad SMARTS) is 1. The van der Waals surface area contributed by atoms with Gasteiger partial charge in [-0.15, -0.1) is 0 Å². The Morgan fingerprint density at radius 2 is 2.00 bits per heavy atom. The van der Waals surface area contributed by atoms with E-state index in [0.29, 0.717) is 12.0 Å². The Labute approximate surface area is 194 Å². The fourth-order valence-corrected chi connectivity index (χ4v) is 3.34. The molecule has 2 aromatic carbocycles. The number of benzene rings is 2. The largest absolute Gasteiger partial charge is 0.493 e. The van der Waals surface area contributed by atoms with E-state index in [1.54, 1.807) is 12.1 Å². The zero-order chi connectivity index (χ0) is 23.0. The van der Waals surface area contributed by atoms with Crippen LogP contribution in [0.1, 0.15) is 31.4 Å². The predicted octanol–water partition coefficient (Wildman–Crippen LogP) is 5.65. The van der Waals surface area contributed by atoms with E-state index in [0.717, 1.165) is 10.0 Å². The van der Waals surface area contributed by atoms with Crippen molar-refractivity contribution in [3.8, 4) is 11.5 Å². The van der Waals surface area contributed by atoms with Crippen LogP contribution in [0.15, 0.2) is 51.9 Å². The van der Waals surface area contributed by atoms with Gasteiger partial charge < -0.3 is 14.6 Å². The van der Waals surface area contributed by atoms with Gasteiger partial charge in [0.2, 0.25) is 0 Å². The molecule has 164 valence electrons. The molecule has 2 rings (SSSR count). The third-order valence-corrected chi connectivity index (χ3v) is 5.31. The van der Waals surface area contributed by atoms with Crippen LogP contribution in [0.2, 0.25) is 5.02 Å². The number of hydrogen-bond acceptors (Lipinski definition) is 5. The molecule has 0 amide bonds. The summed E-state index contributed by atoms with van der Waals surface area (Å²) in [5, 5.41) is 9.51. The maximum absolute atomic E-state index is 12.2. The number of nitrogens with zero attached hydrogens (tertiary/aromatic N) is 1. The molecule has 31 heavy (non-hydrogen) atoms. The Hall–Kier alpha value is -2.64. The van der Waals surface area contributed by atoms with Gasteiger partial charge >= 0.3 is 11.9 Å². The topological polar surface area (TPSA) is 85.2 Å². The Balaban J connectivity index is 2.21. The van der Waals surface area contributed by atoms with Crippen LogP contribution in [0.25, 0.3) is 6.08 Å². The van der Waals surface area contributed by atoms with Crippen molar-refractivity contribution in [3.63, 3.8) is 0 Å². The van der Waals surface area contributed by atoms with Gasteiger partial charge in [0.05, 0.1) is 12.1 Å². The van der Waals surface area contributed by atoms with Gasteiger partial charge in [0.1, 0.15) is 6.04 Å². The second-order valence-corrected chi connectivity index (χ2v) is 8.11. The first kappa shape index (κ1) is 24.6. The molecule has 8 heteroatoms.